The zero-order valence-electron chi connectivity index (χ0n) is 8.38. The van der Waals surface area contributed by atoms with Gasteiger partial charge in [0, 0.05) is 5.41 Å². The van der Waals surface area contributed by atoms with Crippen LogP contribution in [0.2, 0.25) is 0 Å². The summed E-state index contributed by atoms with van der Waals surface area (Å²) >= 11 is 0. The van der Waals surface area contributed by atoms with Gasteiger partial charge in [0.2, 0.25) is 0 Å². The highest BCUT2D eigenvalue weighted by atomic mass is 16.1. The van der Waals surface area contributed by atoms with E-state index >= 15 is 0 Å². The van der Waals surface area contributed by atoms with Gasteiger partial charge in [-0.1, -0.05) is 0 Å². The Bertz CT molecular complexity index is 224. The summed E-state index contributed by atoms with van der Waals surface area (Å²) in [5.41, 5.74) is 0.654. The summed E-state index contributed by atoms with van der Waals surface area (Å²) in [6.07, 6.45) is 8.00. The van der Waals surface area contributed by atoms with Gasteiger partial charge in [0.05, 0.1) is 5.68 Å². The third kappa shape index (κ3) is 1.04. The number of hydrogen-bond acceptors (Lipinski definition) is 1. The lowest BCUT2D eigenvalue weighted by Crippen LogP contribution is -2.50. The normalized spacial score (nSPS) is 52.5. The highest BCUT2D eigenvalue weighted by Gasteiger charge is 2.52. The molecule has 0 aromatic heterocycles. The van der Waals surface area contributed by atoms with E-state index in [0.29, 0.717) is 5.68 Å². The summed E-state index contributed by atoms with van der Waals surface area (Å²) in [5, 5.41) is 0. The fourth-order valence-electron chi connectivity index (χ4n) is 4.54. The Morgan fingerprint density at radius 1 is 1.00 bits per heavy atom. The van der Waals surface area contributed by atoms with Gasteiger partial charge in [-0.05, 0) is 56.3 Å². The van der Waals surface area contributed by atoms with Crippen LogP contribution in [0.3, 0.4) is 0 Å². The molecule has 1 nitrogen and oxygen atoms in total. The molecule has 0 N–H and O–H groups in total. The van der Waals surface area contributed by atoms with Gasteiger partial charge in [-0.2, -0.15) is 0 Å². The van der Waals surface area contributed by atoms with Crippen LogP contribution in [0.5, 0.6) is 0 Å². The quantitative estimate of drug-likeness (QED) is 0.551. The molecule has 0 aliphatic heterocycles. The second-order valence-corrected chi connectivity index (χ2v) is 5.75. The molecule has 70 valence electrons. The van der Waals surface area contributed by atoms with Crippen LogP contribution in [0.15, 0.2) is 0 Å². The predicted molar refractivity (Wildman–Crippen MR) is 54.2 cm³/mol. The Balaban J connectivity index is 1.95. The molecule has 0 heterocycles. The number of carbonyl (C=O) groups excluding carboxylic acids is 1. The molecule has 0 aromatic rings. The smallest absolute Gasteiger partial charge is 0.187 e. The Labute approximate surface area is 80.7 Å². The van der Waals surface area contributed by atoms with Crippen molar-refractivity contribution < 1.29 is 4.79 Å². The summed E-state index contributed by atoms with van der Waals surface area (Å²) in [6.45, 7) is 0. The lowest BCUT2D eigenvalue weighted by Gasteiger charge is -2.56. The van der Waals surface area contributed by atoms with Crippen LogP contribution >= 0.6 is 0 Å². The van der Waals surface area contributed by atoms with E-state index in [4.69, 9.17) is 0 Å². The van der Waals surface area contributed by atoms with E-state index in [0.717, 1.165) is 17.8 Å². The van der Waals surface area contributed by atoms with Gasteiger partial charge in [0.1, 0.15) is 0 Å². The average Bonchev–Trinajstić information content (AvgIpc) is 2.00. The summed E-state index contributed by atoms with van der Waals surface area (Å²) in [5.74, 6) is 2.74. The van der Waals surface area contributed by atoms with E-state index < -0.39 is 0 Å². The van der Waals surface area contributed by atoms with Crippen LogP contribution in [0.25, 0.3) is 0 Å². The van der Waals surface area contributed by atoms with E-state index in [1.54, 1.807) is 0 Å². The molecule has 0 atom stereocenters. The van der Waals surface area contributed by atoms with E-state index in [-0.39, 0.29) is 5.41 Å². The van der Waals surface area contributed by atoms with E-state index in [1.807, 2.05) is 7.85 Å². The van der Waals surface area contributed by atoms with Crippen molar-refractivity contribution in [2.45, 2.75) is 38.5 Å². The molecule has 0 amide bonds. The minimum atomic E-state index is 0.161. The molecule has 4 aliphatic rings. The van der Waals surface area contributed by atoms with Crippen molar-refractivity contribution in [3.63, 3.8) is 0 Å². The Morgan fingerprint density at radius 2 is 1.38 bits per heavy atom. The van der Waals surface area contributed by atoms with Crippen LogP contribution in [0, 0.1) is 23.2 Å². The van der Waals surface area contributed by atoms with Crippen LogP contribution in [0.4, 0.5) is 0 Å². The summed E-state index contributed by atoms with van der Waals surface area (Å²) in [6, 6.07) is 0. The van der Waals surface area contributed by atoms with Gasteiger partial charge < -0.3 is 4.79 Å². The monoisotopic (exact) mass is 176 g/mol. The molecule has 4 aliphatic carbocycles. The van der Waals surface area contributed by atoms with Gasteiger partial charge in [0.15, 0.2) is 7.85 Å². The molecule has 0 saturated heterocycles. The van der Waals surface area contributed by atoms with Crippen molar-refractivity contribution in [2.75, 3.05) is 0 Å². The van der Waals surface area contributed by atoms with Crippen molar-refractivity contribution in [3.8, 4) is 0 Å². The maximum Gasteiger partial charge on any atom is 0.187 e. The number of rotatable bonds is 1. The molecule has 4 rings (SSSR count). The fraction of sp³-hybridized carbons (Fsp3) is 0.909. The van der Waals surface area contributed by atoms with Crippen molar-refractivity contribution in [1.82, 2.24) is 0 Å². The highest BCUT2D eigenvalue weighted by Crippen LogP contribution is 2.59. The first-order chi connectivity index (χ1) is 6.18. The fourth-order valence-corrected chi connectivity index (χ4v) is 4.54. The van der Waals surface area contributed by atoms with Crippen molar-refractivity contribution in [1.29, 1.82) is 0 Å². The van der Waals surface area contributed by atoms with Gasteiger partial charge >= 0.3 is 0 Å². The molecular formula is C11H17BO. The average molecular weight is 176 g/mol. The molecule has 13 heavy (non-hydrogen) atoms. The minimum absolute atomic E-state index is 0.161. The van der Waals surface area contributed by atoms with Crippen LogP contribution in [-0.2, 0) is 4.79 Å². The van der Waals surface area contributed by atoms with E-state index in [9.17, 15) is 4.79 Å². The van der Waals surface area contributed by atoms with Crippen LogP contribution in [0.1, 0.15) is 38.5 Å². The molecular weight excluding hydrogens is 159 g/mol. The third-order valence-corrected chi connectivity index (χ3v) is 4.79. The first-order valence-corrected chi connectivity index (χ1v) is 5.69. The highest BCUT2D eigenvalue weighted by molar-refractivity contribution is 6.59. The van der Waals surface area contributed by atoms with Gasteiger partial charge in [-0.15, -0.1) is 0 Å². The predicted octanol–water partition coefficient (Wildman–Crippen LogP) is 1.36. The van der Waals surface area contributed by atoms with Gasteiger partial charge in [-0.3, -0.25) is 0 Å². The number of hydrogen-bond donors (Lipinski definition) is 0. The van der Waals surface area contributed by atoms with E-state index in [1.165, 1.54) is 38.5 Å². The van der Waals surface area contributed by atoms with Crippen molar-refractivity contribution >= 4 is 13.5 Å². The first kappa shape index (κ1) is 8.08. The maximum absolute atomic E-state index is 11.7. The first-order valence-electron chi connectivity index (χ1n) is 5.69. The number of carbonyl (C=O) groups is 1. The summed E-state index contributed by atoms with van der Waals surface area (Å²) in [7, 11) is 1.83. The lowest BCUT2D eigenvalue weighted by atomic mass is 9.47. The molecule has 2 heteroatoms. The van der Waals surface area contributed by atoms with Crippen LogP contribution in [-0.4, -0.2) is 13.5 Å². The second kappa shape index (κ2) is 2.40. The summed E-state index contributed by atoms with van der Waals surface area (Å²) < 4.78 is 0. The Hall–Kier alpha value is -0.265. The van der Waals surface area contributed by atoms with E-state index in [2.05, 4.69) is 0 Å². The zero-order chi connectivity index (χ0) is 9.05. The topological polar surface area (TPSA) is 17.1 Å². The maximum atomic E-state index is 11.7. The lowest BCUT2D eigenvalue weighted by molar-refractivity contribution is -0.135. The zero-order valence-corrected chi connectivity index (χ0v) is 8.38. The largest absolute Gasteiger partial charge is 0.311 e. The molecule has 4 fully saturated rings. The van der Waals surface area contributed by atoms with Crippen LogP contribution < -0.4 is 0 Å². The third-order valence-electron chi connectivity index (χ3n) is 4.79. The molecule has 4 saturated carbocycles. The van der Waals surface area contributed by atoms with Crippen molar-refractivity contribution in [2.24, 2.45) is 23.2 Å². The van der Waals surface area contributed by atoms with Gasteiger partial charge in [0.25, 0.3) is 0 Å². The Kier molecular flexibility index (Phi) is 1.49. The van der Waals surface area contributed by atoms with Crippen molar-refractivity contribution in [3.05, 3.63) is 0 Å². The molecule has 0 unspecified atom stereocenters. The molecule has 4 bridgehead atoms. The SMILES string of the molecule is BC(=O)C12CC3CC(CC(C3)C1)C2. The molecule has 0 radical (unpaired) electrons. The molecule has 0 spiro atoms. The summed E-state index contributed by atoms with van der Waals surface area (Å²) in [4.78, 5) is 11.7. The standard InChI is InChI=1S/C11H17BO/c12-10(13)11-4-7-1-8(5-11)3-9(2-7)6-11/h7-9H,1-6,12H2. The second-order valence-electron chi connectivity index (χ2n) is 5.75. The molecule has 0 aromatic carbocycles. The minimum Gasteiger partial charge on any atom is -0.311 e. The van der Waals surface area contributed by atoms with Gasteiger partial charge in [-0.25, -0.2) is 0 Å². The Morgan fingerprint density at radius 3 is 1.69 bits per heavy atom.